The Balaban J connectivity index is 5.21. The van der Waals surface area contributed by atoms with E-state index >= 15 is 0 Å². The van der Waals surface area contributed by atoms with E-state index in [2.05, 4.69) is 41.5 Å². The fraction of sp³-hybridized carbons (Fsp3) is 0.949. The van der Waals surface area contributed by atoms with Crippen LogP contribution >= 0.6 is 15.6 Å². The van der Waals surface area contributed by atoms with Crippen LogP contribution < -0.4 is 0 Å². The van der Waals surface area contributed by atoms with Gasteiger partial charge in [0.1, 0.15) is 19.3 Å². The summed E-state index contributed by atoms with van der Waals surface area (Å²) in [5, 5.41) is 10.6. The van der Waals surface area contributed by atoms with E-state index in [1.54, 1.807) is 0 Å². The van der Waals surface area contributed by atoms with Crippen LogP contribution in [0.25, 0.3) is 0 Å². The van der Waals surface area contributed by atoms with Crippen molar-refractivity contribution in [3.05, 3.63) is 0 Å². The lowest BCUT2D eigenvalue weighted by Gasteiger charge is -2.21. The maximum absolute atomic E-state index is 13.1. The number of aliphatic hydroxyl groups excluding tert-OH is 1. The highest BCUT2D eigenvalue weighted by molar-refractivity contribution is 7.47. The van der Waals surface area contributed by atoms with Crippen LogP contribution in [0.3, 0.4) is 0 Å². The number of carbonyl (C=O) groups excluding carboxylic acids is 4. The van der Waals surface area contributed by atoms with Crippen molar-refractivity contribution in [1.82, 2.24) is 0 Å². The summed E-state index contributed by atoms with van der Waals surface area (Å²) in [4.78, 5) is 72.8. The fourth-order valence-corrected chi connectivity index (χ4v) is 13.6. The summed E-state index contributed by atoms with van der Waals surface area (Å²) in [7, 11) is -9.91. The maximum Gasteiger partial charge on any atom is 0.472 e. The number of aliphatic hydroxyl groups is 1. The Morgan fingerprint density at radius 1 is 0.299 bits per heavy atom. The Kier molecular flexibility index (Phi) is 68.4. The molecule has 0 aromatic heterocycles. The predicted octanol–water partition coefficient (Wildman–Crippen LogP) is 23.1. The summed E-state index contributed by atoms with van der Waals surface area (Å²) in [5.74, 6) is -0.589. The number of hydrogen-bond donors (Lipinski definition) is 3. The molecule has 3 N–H and O–H groups in total. The number of carbonyl (C=O) groups is 4. The number of phosphoric acid groups is 2. The van der Waals surface area contributed by atoms with Crippen molar-refractivity contribution in [3.8, 4) is 0 Å². The van der Waals surface area contributed by atoms with Crippen LogP contribution in [0, 0.1) is 11.8 Å². The third-order valence-electron chi connectivity index (χ3n) is 18.6. The minimum Gasteiger partial charge on any atom is -0.462 e. The smallest absolute Gasteiger partial charge is 0.462 e. The summed E-state index contributed by atoms with van der Waals surface area (Å²) in [5.41, 5.74) is 0. The molecule has 0 aliphatic carbocycles. The van der Waals surface area contributed by atoms with E-state index in [9.17, 15) is 43.2 Å². The lowest BCUT2D eigenvalue weighted by molar-refractivity contribution is -0.161. The van der Waals surface area contributed by atoms with Gasteiger partial charge >= 0.3 is 39.5 Å². The molecule has 0 rings (SSSR count). The zero-order valence-corrected chi connectivity index (χ0v) is 65.2. The second kappa shape index (κ2) is 69.8. The van der Waals surface area contributed by atoms with Crippen molar-refractivity contribution in [1.29, 1.82) is 0 Å². The van der Waals surface area contributed by atoms with Crippen LogP contribution in [0.4, 0.5) is 0 Å². The molecule has 0 fully saturated rings. The summed E-state index contributed by atoms with van der Waals surface area (Å²) in [6.07, 6.45) is 58.4. The first-order valence-corrected chi connectivity index (χ1v) is 43.5. The topological polar surface area (TPSA) is 237 Å². The highest BCUT2D eigenvalue weighted by Gasteiger charge is 2.30. The normalized spacial score (nSPS) is 14.2. The lowest BCUT2D eigenvalue weighted by atomic mass is 10.00. The molecule has 576 valence electrons. The first kappa shape index (κ1) is 95.1. The molecule has 0 aliphatic heterocycles. The van der Waals surface area contributed by atoms with Gasteiger partial charge in [0.25, 0.3) is 0 Å². The molecule has 6 atom stereocenters. The molecule has 0 saturated carbocycles. The summed E-state index contributed by atoms with van der Waals surface area (Å²) < 4.78 is 68.5. The van der Waals surface area contributed by atoms with Gasteiger partial charge in [-0.1, -0.05) is 356 Å². The monoisotopic (exact) mass is 1420 g/mol. The molecular formula is C78H152O17P2. The van der Waals surface area contributed by atoms with Crippen LogP contribution in [-0.2, 0) is 65.4 Å². The summed E-state index contributed by atoms with van der Waals surface area (Å²) >= 11 is 0. The van der Waals surface area contributed by atoms with Crippen LogP contribution in [0.15, 0.2) is 0 Å². The fourth-order valence-electron chi connectivity index (χ4n) is 12.0. The van der Waals surface area contributed by atoms with Crippen molar-refractivity contribution >= 4 is 39.5 Å². The molecule has 97 heavy (non-hydrogen) atoms. The Hall–Kier alpha value is -1.94. The van der Waals surface area contributed by atoms with Crippen LogP contribution in [0.1, 0.15) is 408 Å². The minimum absolute atomic E-state index is 0.103. The van der Waals surface area contributed by atoms with Crippen molar-refractivity contribution in [3.63, 3.8) is 0 Å². The van der Waals surface area contributed by atoms with Crippen molar-refractivity contribution in [2.45, 2.75) is 426 Å². The molecule has 0 aromatic rings. The Bertz CT molecular complexity index is 1870. The average Bonchev–Trinajstić information content (AvgIpc) is 1.51. The quantitative estimate of drug-likeness (QED) is 0.0222. The van der Waals surface area contributed by atoms with Crippen molar-refractivity contribution < 1.29 is 80.2 Å². The van der Waals surface area contributed by atoms with Gasteiger partial charge in [0, 0.05) is 25.7 Å². The molecular weight excluding hydrogens is 1270 g/mol. The van der Waals surface area contributed by atoms with E-state index in [-0.39, 0.29) is 25.7 Å². The van der Waals surface area contributed by atoms with Gasteiger partial charge in [0.15, 0.2) is 12.2 Å². The number of unbranched alkanes of at least 4 members (excludes halogenated alkanes) is 46. The van der Waals surface area contributed by atoms with E-state index in [1.165, 1.54) is 225 Å². The second-order valence-electron chi connectivity index (χ2n) is 28.8. The molecule has 0 bridgehead atoms. The molecule has 0 radical (unpaired) electrons. The molecule has 3 unspecified atom stereocenters. The van der Waals surface area contributed by atoms with Gasteiger partial charge in [-0.3, -0.25) is 37.3 Å². The van der Waals surface area contributed by atoms with E-state index < -0.39 is 97.5 Å². The summed E-state index contributed by atoms with van der Waals surface area (Å²) in [6, 6.07) is 0. The Labute approximate surface area is 594 Å². The first-order valence-electron chi connectivity index (χ1n) is 40.5. The largest absolute Gasteiger partial charge is 0.472 e. The number of phosphoric ester groups is 2. The molecule has 0 aromatic carbocycles. The van der Waals surface area contributed by atoms with Gasteiger partial charge in [-0.25, -0.2) is 9.13 Å². The van der Waals surface area contributed by atoms with Crippen LogP contribution in [-0.4, -0.2) is 96.7 Å². The SMILES string of the molecule is CCCCCCCCCCCCCCCCCCCCCC(=O)O[C@H](COC(=O)CCCCCCCCCCCCCCCCCC(C)C)COP(=O)(O)OC[C@@H](O)COP(=O)(O)OC[C@@H](COC(=O)CCCCCCCCCCCC)OC(=O)CCCCCCCCC(C)CC. The van der Waals surface area contributed by atoms with E-state index in [0.717, 1.165) is 102 Å². The average molecular weight is 1420 g/mol. The zero-order chi connectivity index (χ0) is 71.4. The van der Waals surface area contributed by atoms with E-state index in [0.29, 0.717) is 25.7 Å². The standard InChI is InChI=1S/C78H152O17P2/c1-7-10-12-14-16-18-20-21-22-23-24-25-28-32-35-39-43-50-56-62-77(82)94-73(66-88-76(81)61-55-49-42-38-34-31-29-26-27-30-33-36-40-46-52-58-70(4)5)68-92-96(84,85)90-64-72(79)65-91-97(86,87)93-69-74(95-78(83)63-57-51-45-44-47-53-59-71(6)9-3)67-89-75(80)60-54-48-41-37-19-17-15-13-11-8-2/h70-74,79H,7-69H2,1-6H3,(H,84,85)(H,86,87)/t71?,72-,73-,74-/m1/s1. The van der Waals surface area contributed by atoms with Crippen LogP contribution in [0.2, 0.25) is 0 Å². The van der Waals surface area contributed by atoms with Gasteiger partial charge in [-0.05, 0) is 37.5 Å². The Morgan fingerprint density at radius 3 is 0.784 bits per heavy atom. The van der Waals surface area contributed by atoms with Gasteiger partial charge in [0.05, 0.1) is 26.4 Å². The maximum atomic E-state index is 13.1. The van der Waals surface area contributed by atoms with Crippen molar-refractivity contribution in [2.24, 2.45) is 11.8 Å². The molecule has 0 saturated heterocycles. The highest BCUT2D eigenvalue weighted by Crippen LogP contribution is 2.45. The zero-order valence-electron chi connectivity index (χ0n) is 63.4. The number of rotatable bonds is 77. The molecule has 0 amide bonds. The first-order chi connectivity index (χ1) is 46.9. The third-order valence-corrected chi connectivity index (χ3v) is 20.5. The van der Waals surface area contributed by atoms with Gasteiger partial charge in [-0.2, -0.15) is 0 Å². The summed E-state index contributed by atoms with van der Waals surface area (Å²) in [6.45, 7) is 9.58. The van der Waals surface area contributed by atoms with Gasteiger partial charge in [-0.15, -0.1) is 0 Å². The van der Waals surface area contributed by atoms with E-state index in [1.807, 2.05) is 0 Å². The lowest BCUT2D eigenvalue weighted by Crippen LogP contribution is -2.30. The Morgan fingerprint density at radius 2 is 0.526 bits per heavy atom. The predicted molar refractivity (Wildman–Crippen MR) is 395 cm³/mol. The number of ether oxygens (including phenoxy) is 4. The molecule has 0 spiro atoms. The molecule has 19 heteroatoms. The molecule has 0 heterocycles. The number of esters is 4. The van der Waals surface area contributed by atoms with Crippen LogP contribution in [0.5, 0.6) is 0 Å². The second-order valence-corrected chi connectivity index (χ2v) is 31.7. The molecule has 17 nitrogen and oxygen atoms in total. The molecule has 0 aliphatic rings. The highest BCUT2D eigenvalue weighted by atomic mass is 31.2. The minimum atomic E-state index is -4.96. The third kappa shape index (κ3) is 70.9. The number of hydrogen-bond acceptors (Lipinski definition) is 15. The van der Waals surface area contributed by atoms with Crippen molar-refractivity contribution in [2.75, 3.05) is 39.6 Å². The van der Waals surface area contributed by atoms with Gasteiger partial charge < -0.3 is 33.8 Å². The van der Waals surface area contributed by atoms with E-state index in [4.69, 9.17) is 37.0 Å². The van der Waals surface area contributed by atoms with Gasteiger partial charge in [0.2, 0.25) is 0 Å².